The van der Waals surface area contributed by atoms with Crippen LogP contribution in [0.1, 0.15) is 13.8 Å². The van der Waals surface area contributed by atoms with Gasteiger partial charge in [0.25, 0.3) is 5.69 Å². The van der Waals surface area contributed by atoms with E-state index < -0.39 is 4.92 Å². The highest BCUT2D eigenvalue weighted by molar-refractivity contribution is 5.80. The highest BCUT2D eigenvalue weighted by Gasteiger charge is 2.11. The molecule has 18 heavy (non-hydrogen) atoms. The van der Waals surface area contributed by atoms with Gasteiger partial charge in [-0.3, -0.25) is 14.9 Å². The lowest BCUT2D eigenvalue weighted by molar-refractivity contribution is -0.384. The molecule has 0 spiro atoms. The summed E-state index contributed by atoms with van der Waals surface area (Å²) in [6.07, 6.45) is 1.34. The first-order valence-corrected chi connectivity index (χ1v) is 5.70. The number of carbonyl (C=O) groups is 1. The Morgan fingerprint density at radius 3 is 2.72 bits per heavy atom. The molecule has 0 aromatic carbocycles. The van der Waals surface area contributed by atoms with E-state index >= 15 is 0 Å². The summed E-state index contributed by atoms with van der Waals surface area (Å²) in [4.78, 5) is 27.4. The van der Waals surface area contributed by atoms with E-state index in [9.17, 15) is 14.9 Å². The van der Waals surface area contributed by atoms with Gasteiger partial charge in [-0.15, -0.1) is 0 Å². The van der Waals surface area contributed by atoms with Gasteiger partial charge in [0.2, 0.25) is 5.91 Å². The number of nitrogens with one attached hydrogen (secondary N) is 1. The molecule has 7 nitrogen and oxygen atoms in total. The number of aromatic nitrogens is 1. The summed E-state index contributed by atoms with van der Waals surface area (Å²) in [5.74, 6) is 0.262. The quantitative estimate of drug-likeness (QED) is 0.608. The molecule has 1 aromatic heterocycles. The maximum Gasteiger partial charge on any atom is 0.274 e. The molecule has 0 fully saturated rings. The minimum Gasteiger partial charge on any atom is -0.361 e. The largest absolute Gasteiger partial charge is 0.361 e. The zero-order chi connectivity index (χ0) is 13.5. The topological polar surface area (TPSA) is 88.4 Å². The van der Waals surface area contributed by atoms with Crippen molar-refractivity contribution in [2.45, 2.75) is 13.8 Å². The van der Waals surface area contributed by atoms with Crippen LogP contribution in [0.25, 0.3) is 0 Å². The summed E-state index contributed by atoms with van der Waals surface area (Å²) in [6.45, 7) is 5.15. The van der Waals surface area contributed by atoms with Crippen molar-refractivity contribution < 1.29 is 9.72 Å². The normalized spacial score (nSPS) is 9.89. The SMILES string of the molecule is CCN(CC)C(=O)CNc1cc([N+](=O)[O-])ccn1. The van der Waals surface area contributed by atoms with E-state index in [1.807, 2.05) is 13.8 Å². The van der Waals surface area contributed by atoms with Gasteiger partial charge in [0.1, 0.15) is 5.82 Å². The van der Waals surface area contributed by atoms with Crippen molar-refractivity contribution in [1.82, 2.24) is 9.88 Å². The summed E-state index contributed by atoms with van der Waals surface area (Å²) in [7, 11) is 0. The molecule has 1 aromatic rings. The smallest absolute Gasteiger partial charge is 0.274 e. The highest BCUT2D eigenvalue weighted by Crippen LogP contribution is 2.13. The number of carbonyl (C=O) groups excluding carboxylic acids is 1. The first-order valence-electron chi connectivity index (χ1n) is 5.70. The van der Waals surface area contributed by atoms with Gasteiger partial charge in [-0.25, -0.2) is 4.98 Å². The molecule has 0 saturated heterocycles. The lowest BCUT2D eigenvalue weighted by Crippen LogP contribution is -2.35. The zero-order valence-electron chi connectivity index (χ0n) is 10.4. The van der Waals surface area contributed by atoms with E-state index in [1.165, 1.54) is 18.3 Å². The van der Waals surface area contributed by atoms with Crippen molar-refractivity contribution >= 4 is 17.4 Å². The average molecular weight is 252 g/mol. The van der Waals surface area contributed by atoms with E-state index in [4.69, 9.17) is 0 Å². The number of amides is 1. The van der Waals surface area contributed by atoms with Crippen molar-refractivity contribution in [3.63, 3.8) is 0 Å². The van der Waals surface area contributed by atoms with Crippen molar-refractivity contribution in [1.29, 1.82) is 0 Å². The molecule has 0 aliphatic carbocycles. The second-order valence-electron chi connectivity index (χ2n) is 3.58. The van der Waals surface area contributed by atoms with Crippen LogP contribution in [0, 0.1) is 10.1 Å². The van der Waals surface area contributed by atoms with Gasteiger partial charge >= 0.3 is 0 Å². The number of hydrogen-bond acceptors (Lipinski definition) is 5. The molecule has 98 valence electrons. The molecule has 0 saturated carbocycles. The number of rotatable bonds is 6. The standard InChI is InChI=1S/C11H16N4O3/c1-3-14(4-2)11(16)8-13-10-7-9(15(17)18)5-6-12-10/h5-7H,3-4,8H2,1-2H3,(H,12,13). The fraction of sp³-hybridized carbons (Fsp3) is 0.455. The lowest BCUT2D eigenvalue weighted by Gasteiger charge is -2.18. The Kier molecular flexibility index (Phi) is 5.04. The number of nitro groups is 1. The molecule has 1 N–H and O–H groups in total. The van der Waals surface area contributed by atoms with Crippen LogP contribution >= 0.6 is 0 Å². The number of pyridine rings is 1. The molecule has 0 aliphatic heterocycles. The van der Waals surface area contributed by atoms with Gasteiger partial charge in [-0.2, -0.15) is 0 Å². The van der Waals surface area contributed by atoms with E-state index in [0.29, 0.717) is 18.9 Å². The molecule has 0 aliphatic rings. The lowest BCUT2D eigenvalue weighted by atomic mass is 10.4. The van der Waals surface area contributed by atoms with Crippen LogP contribution in [0.4, 0.5) is 11.5 Å². The third-order valence-corrected chi connectivity index (χ3v) is 2.49. The summed E-state index contributed by atoms with van der Waals surface area (Å²) in [6, 6.07) is 2.60. The Hall–Kier alpha value is -2.18. The molecule has 0 bridgehead atoms. The van der Waals surface area contributed by atoms with E-state index in [2.05, 4.69) is 10.3 Å². The fourth-order valence-corrected chi connectivity index (χ4v) is 1.48. The van der Waals surface area contributed by atoms with Gasteiger partial charge in [-0.05, 0) is 13.8 Å². The molecule has 1 rings (SSSR count). The average Bonchev–Trinajstić information content (AvgIpc) is 2.38. The van der Waals surface area contributed by atoms with Crippen LogP contribution in [0.3, 0.4) is 0 Å². The summed E-state index contributed by atoms with van der Waals surface area (Å²) < 4.78 is 0. The molecule has 0 atom stereocenters. The molecular formula is C11H16N4O3. The maximum atomic E-state index is 11.7. The van der Waals surface area contributed by atoms with Crippen molar-refractivity contribution in [2.75, 3.05) is 25.0 Å². The number of nitrogens with zero attached hydrogens (tertiary/aromatic N) is 3. The van der Waals surface area contributed by atoms with Gasteiger partial charge in [0.15, 0.2) is 0 Å². The Morgan fingerprint density at radius 1 is 1.50 bits per heavy atom. The minimum atomic E-state index is -0.501. The van der Waals surface area contributed by atoms with Crippen molar-refractivity contribution in [2.24, 2.45) is 0 Å². The number of hydrogen-bond donors (Lipinski definition) is 1. The molecule has 1 amide bonds. The Morgan fingerprint density at radius 2 is 2.17 bits per heavy atom. The van der Waals surface area contributed by atoms with Crippen molar-refractivity contribution in [3.8, 4) is 0 Å². The van der Waals surface area contributed by atoms with Gasteiger partial charge in [0.05, 0.1) is 17.5 Å². The third-order valence-electron chi connectivity index (χ3n) is 2.49. The monoisotopic (exact) mass is 252 g/mol. The highest BCUT2D eigenvalue weighted by atomic mass is 16.6. The summed E-state index contributed by atoms with van der Waals surface area (Å²) >= 11 is 0. The zero-order valence-corrected chi connectivity index (χ0v) is 10.4. The van der Waals surface area contributed by atoms with Gasteiger partial charge < -0.3 is 10.2 Å². The second kappa shape index (κ2) is 6.53. The first-order chi connectivity index (χ1) is 8.58. The van der Waals surface area contributed by atoms with E-state index in [1.54, 1.807) is 4.90 Å². The summed E-state index contributed by atoms with van der Waals surface area (Å²) in [5, 5.41) is 13.3. The van der Waals surface area contributed by atoms with E-state index in [0.717, 1.165) is 0 Å². The summed E-state index contributed by atoms with van der Waals surface area (Å²) in [5.41, 5.74) is -0.0530. The molecule has 1 heterocycles. The third kappa shape index (κ3) is 3.69. The molecule has 0 radical (unpaired) electrons. The molecular weight excluding hydrogens is 236 g/mol. The van der Waals surface area contributed by atoms with Crippen LogP contribution < -0.4 is 5.32 Å². The van der Waals surface area contributed by atoms with Crippen LogP contribution in [0.15, 0.2) is 18.3 Å². The van der Waals surface area contributed by atoms with Crippen LogP contribution in [0.5, 0.6) is 0 Å². The minimum absolute atomic E-state index is 0.0530. The Labute approximate surface area is 105 Å². The maximum absolute atomic E-state index is 11.7. The van der Waals surface area contributed by atoms with Crippen LogP contribution in [0.2, 0.25) is 0 Å². The number of anilines is 1. The van der Waals surface area contributed by atoms with Gasteiger partial charge in [0, 0.05) is 25.4 Å². The van der Waals surface area contributed by atoms with E-state index in [-0.39, 0.29) is 18.1 Å². The molecule has 0 unspecified atom stereocenters. The Balaban J connectivity index is 2.61. The predicted molar refractivity (Wildman–Crippen MR) is 67.3 cm³/mol. The van der Waals surface area contributed by atoms with Crippen LogP contribution in [-0.4, -0.2) is 40.3 Å². The van der Waals surface area contributed by atoms with Crippen LogP contribution in [-0.2, 0) is 4.79 Å². The predicted octanol–water partition coefficient (Wildman–Crippen LogP) is 1.27. The molecule has 7 heteroatoms. The second-order valence-corrected chi connectivity index (χ2v) is 3.58. The Bertz CT molecular complexity index is 432. The van der Waals surface area contributed by atoms with Crippen molar-refractivity contribution in [3.05, 3.63) is 28.4 Å². The van der Waals surface area contributed by atoms with Gasteiger partial charge in [-0.1, -0.05) is 0 Å². The number of likely N-dealkylation sites (N-methyl/N-ethyl adjacent to an activating group) is 1. The first kappa shape index (κ1) is 13.9. The fourth-order valence-electron chi connectivity index (χ4n) is 1.48.